The fourth-order valence-corrected chi connectivity index (χ4v) is 3.92. The van der Waals surface area contributed by atoms with Crippen molar-refractivity contribution in [2.45, 2.75) is 26.7 Å². The van der Waals surface area contributed by atoms with Crippen LogP contribution < -0.4 is 5.32 Å². The van der Waals surface area contributed by atoms with E-state index < -0.39 is 0 Å². The van der Waals surface area contributed by atoms with Crippen molar-refractivity contribution >= 4 is 17.5 Å². The molecular weight excluding hydrogens is 318 g/mol. The van der Waals surface area contributed by atoms with E-state index >= 15 is 0 Å². The van der Waals surface area contributed by atoms with Crippen LogP contribution in [0.4, 0.5) is 5.69 Å². The van der Waals surface area contributed by atoms with Crippen molar-refractivity contribution in [3.63, 3.8) is 0 Å². The van der Waals surface area contributed by atoms with Crippen molar-refractivity contribution in [3.8, 4) is 0 Å². The minimum absolute atomic E-state index is 0.00421. The number of likely N-dealkylation sites (tertiary alicyclic amines) is 1. The fraction of sp³-hybridized carbons (Fsp3) is 0.421. The molecule has 3 heterocycles. The Bertz CT molecular complexity index is 830. The second kappa shape index (κ2) is 5.72. The molecule has 6 heteroatoms. The zero-order chi connectivity index (χ0) is 17.6. The van der Waals surface area contributed by atoms with E-state index in [1.54, 1.807) is 24.5 Å². The van der Waals surface area contributed by atoms with Crippen molar-refractivity contribution in [2.75, 3.05) is 18.4 Å². The number of hydrogen-bond donors (Lipinski definition) is 1. The monoisotopic (exact) mass is 339 g/mol. The molecule has 1 aliphatic heterocycles. The number of amides is 2. The van der Waals surface area contributed by atoms with Crippen molar-refractivity contribution in [1.82, 2.24) is 9.88 Å². The number of anilines is 1. The van der Waals surface area contributed by atoms with E-state index in [1.165, 1.54) is 0 Å². The second-order valence-corrected chi connectivity index (χ2v) is 7.15. The topological polar surface area (TPSA) is 75.4 Å². The summed E-state index contributed by atoms with van der Waals surface area (Å²) in [5.41, 5.74) is 1.28. The number of rotatable bonds is 3. The Morgan fingerprint density at radius 2 is 2.24 bits per heavy atom. The lowest BCUT2D eigenvalue weighted by Gasteiger charge is -2.16. The molecule has 130 valence electrons. The zero-order valence-electron chi connectivity index (χ0n) is 14.4. The highest BCUT2D eigenvalue weighted by atomic mass is 16.3. The molecule has 6 nitrogen and oxygen atoms in total. The Kier molecular flexibility index (Phi) is 3.63. The first-order valence-corrected chi connectivity index (χ1v) is 8.56. The molecule has 0 bridgehead atoms. The summed E-state index contributed by atoms with van der Waals surface area (Å²) in [5.74, 6) is 1.40. The van der Waals surface area contributed by atoms with E-state index in [4.69, 9.17) is 4.42 Å². The van der Waals surface area contributed by atoms with Gasteiger partial charge in [0, 0.05) is 30.6 Å². The molecule has 1 aliphatic carbocycles. The number of nitrogens with one attached hydrogen (secondary N) is 1. The Morgan fingerprint density at radius 3 is 2.92 bits per heavy atom. The molecular formula is C19H21N3O3. The number of aryl methyl sites for hydroxylation is 2. The third-order valence-electron chi connectivity index (χ3n) is 5.38. The van der Waals surface area contributed by atoms with Crippen LogP contribution in [-0.2, 0) is 4.79 Å². The van der Waals surface area contributed by atoms with Gasteiger partial charge in [0.15, 0.2) is 0 Å². The highest BCUT2D eigenvalue weighted by Crippen LogP contribution is 2.59. The van der Waals surface area contributed by atoms with Crippen molar-refractivity contribution in [2.24, 2.45) is 11.3 Å². The van der Waals surface area contributed by atoms with E-state index in [1.807, 2.05) is 24.8 Å². The Hall–Kier alpha value is -2.63. The third-order valence-corrected chi connectivity index (χ3v) is 5.38. The van der Waals surface area contributed by atoms with Crippen LogP contribution in [0.5, 0.6) is 0 Å². The smallest absolute Gasteiger partial charge is 0.257 e. The Balaban J connectivity index is 1.40. The van der Waals surface area contributed by atoms with Gasteiger partial charge < -0.3 is 14.6 Å². The number of furan rings is 1. The van der Waals surface area contributed by atoms with E-state index in [2.05, 4.69) is 10.3 Å². The standard InChI is InChI=1S/C19H21N3O3/c1-12-8-15(13(2)25-12)18(24)22-7-5-19(11-22)9-16(19)17(23)21-14-4-3-6-20-10-14/h3-4,6,8,10,16H,5,7,9,11H2,1-2H3,(H,21,23)/t16-,19-/m0/s1. The minimum Gasteiger partial charge on any atom is -0.466 e. The molecule has 2 fully saturated rings. The van der Waals surface area contributed by atoms with Crippen molar-refractivity contribution < 1.29 is 14.0 Å². The molecule has 1 saturated carbocycles. The van der Waals surface area contributed by atoms with Crippen LogP contribution in [0.2, 0.25) is 0 Å². The van der Waals surface area contributed by atoms with Crippen LogP contribution in [0, 0.1) is 25.2 Å². The molecule has 2 atom stereocenters. The summed E-state index contributed by atoms with van der Waals surface area (Å²) >= 11 is 0. The molecule has 1 N–H and O–H groups in total. The van der Waals surface area contributed by atoms with Gasteiger partial charge in [-0.2, -0.15) is 0 Å². The van der Waals surface area contributed by atoms with Gasteiger partial charge in [0.1, 0.15) is 11.5 Å². The summed E-state index contributed by atoms with van der Waals surface area (Å²) in [4.78, 5) is 31.1. The van der Waals surface area contributed by atoms with Gasteiger partial charge in [-0.1, -0.05) is 0 Å². The maximum atomic E-state index is 12.7. The summed E-state index contributed by atoms with van der Waals surface area (Å²) in [6.45, 7) is 4.99. The van der Waals surface area contributed by atoms with Crippen molar-refractivity contribution in [1.29, 1.82) is 0 Å². The van der Waals surface area contributed by atoms with Gasteiger partial charge in [-0.3, -0.25) is 14.6 Å². The van der Waals surface area contributed by atoms with Crippen LogP contribution in [0.3, 0.4) is 0 Å². The lowest BCUT2D eigenvalue weighted by Crippen LogP contribution is -2.30. The summed E-state index contributed by atoms with van der Waals surface area (Å²) in [6, 6.07) is 5.42. The van der Waals surface area contributed by atoms with E-state index in [0.717, 1.165) is 18.6 Å². The predicted octanol–water partition coefficient (Wildman–Crippen LogP) is 2.78. The number of pyridine rings is 1. The average Bonchev–Trinajstić information content (AvgIpc) is 2.94. The molecule has 4 rings (SSSR count). The van der Waals surface area contributed by atoms with E-state index in [-0.39, 0.29) is 23.1 Å². The number of nitrogens with zero attached hydrogens (tertiary/aromatic N) is 2. The van der Waals surface area contributed by atoms with Gasteiger partial charge in [0.25, 0.3) is 5.91 Å². The second-order valence-electron chi connectivity index (χ2n) is 7.15. The number of carbonyl (C=O) groups is 2. The fourth-order valence-electron chi connectivity index (χ4n) is 3.92. The summed E-state index contributed by atoms with van der Waals surface area (Å²) in [5, 5.41) is 2.92. The highest BCUT2D eigenvalue weighted by molar-refractivity contribution is 5.97. The quantitative estimate of drug-likeness (QED) is 0.933. The maximum absolute atomic E-state index is 12.7. The van der Waals surface area contributed by atoms with Gasteiger partial charge in [-0.05, 0) is 44.9 Å². The third kappa shape index (κ3) is 2.81. The minimum atomic E-state index is -0.0609. The molecule has 1 spiro atoms. The summed E-state index contributed by atoms with van der Waals surface area (Å²) in [6.07, 6.45) is 5.03. The normalized spacial score (nSPS) is 24.6. The van der Waals surface area contributed by atoms with Crippen LogP contribution in [0.15, 0.2) is 35.0 Å². The molecule has 0 radical (unpaired) electrons. The number of hydrogen-bond acceptors (Lipinski definition) is 4. The predicted molar refractivity (Wildman–Crippen MR) is 92.1 cm³/mol. The zero-order valence-corrected chi connectivity index (χ0v) is 14.4. The first-order chi connectivity index (χ1) is 12.0. The lowest BCUT2D eigenvalue weighted by atomic mass is 10.0. The first-order valence-electron chi connectivity index (χ1n) is 8.56. The molecule has 1 saturated heterocycles. The summed E-state index contributed by atoms with van der Waals surface area (Å²) in [7, 11) is 0. The van der Waals surface area contributed by atoms with Crippen LogP contribution >= 0.6 is 0 Å². The van der Waals surface area contributed by atoms with Crippen molar-refractivity contribution in [3.05, 3.63) is 47.7 Å². The average molecular weight is 339 g/mol. The lowest BCUT2D eigenvalue weighted by molar-refractivity contribution is -0.118. The van der Waals surface area contributed by atoms with E-state index in [0.29, 0.717) is 30.1 Å². The Morgan fingerprint density at radius 1 is 1.40 bits per heavy atom. The van der Waals surface area contributed by atoms with Gasteiger partial charge in [0.2, 0.25) is 5.91 Å². The van der Waals surface area contributed by atoms with Gasteiger partial charge >= 0.3 is 0 Å². The first kappa shape index (κ1) is 15.9. The SMILES string of the molecule is Cc1cc(C(=O)N2CC[C@]3(C[C@H]3C(=O)Nc3cccnc3)C2)c(C)o1. The molecule has 0 aromatic carbocycles. The highest BCUT2D eigenvalue weighted by Gasteiger charge is 2.61. The van der Waals surface area contributed by atoms with Gasteiger partial charge in [-0.15, -0.1) is 0 Å². The number of carbonyl (C=O) groups excluding carboxylic acids is 2. The number of aromatic nitrogens is 1. The largest absolute Gasteiger partial charge is 0.466 e. The van der Waals surface area contributed by atoms with Crippen LogP contribution in [-0.4, -0.2) is 34.8 Å². The molecule has 0 unspecified atom stereocenters. The van der Waals surface area contributed by atoms with E-state index in [9.17, 15) is 9.59 Å². The van der Waals surface area contributed by atoms with Gasteiger partial charge in [0.05, 0.1) is 17.4 Å². The molecule has 2 aliphatic rings. The molecule has 2 aromatic rings. The molecule has 2 amide bonds. The van der Waals surface area contributed by atoms with Crippen LogP contribution in [0.1, 0.15) is 34.7 Å². The molecule has 2 aromatic heterocycles. The van der Waals surface area contributed by atoms with Crippen LogP contribution in [0.25, 0.3) is 0 Å². The summed E-state index contributed by atoms with van der Waals surface area (Å²) < 4.78 is 5.47. The molecule has 25 heavy (non-hydrogen) atoms. The maximum Gasteiger partial charge on any atom is 0.257 e. The van der Waals surface area contributed by atoms with Gasteiger partial charge in [-0.25, -0.2) is 0 Å². The Labute approximate surface area is 146 Å².